The summed E-state index contributed by atoms with van der Waals surface area (Å²) in [7, 11) is 1.50. The average molecular weight is 419 g/mol. The Labute approximate surface area is 179 Å². The van der Waals surface area contributed by atoms with Crippen LogP contribution in [0.15, 0.2) is 54.3 Å². The van der Waals surface area contributed by atoms with Crippen molar-refractivity contribution in [2.75, 3.05) is 20.3 Å². The lowest BCUT2D eigenvalue weighted by molar-refractivity contribution is -0.145. The minimum Gasteiger partial charge on any atom is -0.507 e. The minimum atomic E-state index is -0.715. The number of nitriles is 1. The molecule has 8 heteroatoms. The van der Waals surface area contributed by atoms with E-state index in [1.165, 1.54) is 7.11 Å². The number of imidazole rings is 1. The van der Waals surface area contributed by atoms with Gasteiger partial charge >= 0.3 is 5.97 Å². The highest BCUT2D eigenvalue weighted by Crippen LogP contribution is 2.28. The molecule has 2 N–H and O–H groups in total. The lowest BCUT2D eigenvalue weighted by Crippen LogP contribution is -2.17. The Bertz CT molecular complexity index is 1150. The van der Waals surface area contributed by atoms with Crippen molar-refractivity contribution in [2.45, 2.75) is 6.92 Å². The number of allylic oxidation sites excluding steroid dienone is 2. The SMILES string of the molecule is CC=Cc1ccc(OCC(=O)OC/C(O)=C(\C#N)c2nc3ccccc3[nH]2)c(OC)c1. The zero-order valence-electron chi connectivity index (χ0n) is 17.1. The van der Waals surface area contributed by atoms with Gasteiger partial charge in [0.15, 0.2) is 29.7 Å². The first-order chi connectivity index (χ1) is 15.0. The fourth-order valence-corrected chi connectivity index (χ4v) is 2.82. The Morgan fingerprint density at radius 1 is 1.23 bits per heavy atom. The van der Waals surface area contributed by atoms with Crippen molar-refractivity contribution in [3.63, 3.8) is 0 Å². The zero-order valence-corrected chi connectivity index (χ0v) is 17.1. The summed E-state index contributed by atoms with van der Waals surface area (Å²) < 4.78 is 15.8. The fourth-order valence-electron chi connectivity index (χ4n) is 2.82. The number of aliphatic hydroxyl groups is 1. The highest BCUT2D eigenvalue weighted by Gasteiger charge is 2.15. The number of hydrogen-bond donors (Lipinski definition) is 2. The third kappa shape index (κ3) is 5.22. The largest absolute Gasteiger partial charge is 0.507 e. The van der Waals surface area contributed by atoms with Crippen LogP contribution < -0.4 is 9.47 Å². The van der Waals surface area contributed by atoms with Crippen molar-refractivity contribution >= 4 is 28.7 Å². The lowest BCUT2D eigenvalue weighted by atomic mass is 10.2. The monoisotopic (exact) mass is 419 g/mol. The first kappa shape index (κ1) is 21.5. The van der Waals surface area contributed by atoms with E-state index in [9.17, 15) is 15.2 Å². The highest BCUT2D eigenvalue weighted by molar-refractivity contribution is 5.83. The molecule has 3 rings (SSSR count). The summed E-state index contributed by atoms with van der Waals surface area (Å²) in [6, 6.07) is 14.4. The molecule has 31 heavy (non-hydrogen) atoms. The van der Waals surface area contributed by atoms with E-state index >= 15 is 0 Å². The number of carbonyl (C=O) groups is 1. The molecule has 0 aliphatic heterocycles. The van der Waals surface area contributed by atoms with Crippen LogP contribution >= 0.6 is 0 Å². The van der Waals surface area contributed by atoms with E-state index in [2.05, 4.69) is 9.97 Å². The lowest BCUT2D eigenvalue weighted by Gasteiger charge is -2.11. The number of fused-ring (bicyclic) bond motifs is 1. The van der Waals surface area contributed by atoms with E-state index in [4.69, 9.17) is 14.2 Å². The van der Waals surface area contributed by atoms with Crippen LogP contribution in [-0.2, 0) is 9.53 Å². The summed E-state index contributed by atoms with van der Waals surface area (Å²) >= 11 is 0. The minimum absolute atomic E-state index is 0.105. The molecule has 0 spiro atoms. The van der Waals surface area contributed by atoms with Gasteiger partial charge in [0.05, 0.1) is 18.1 Å². The Kier molecular flexibility index (Phi) is 6.91. The van der Waals surface area contributed by atoms with E-state index < -0.39 is 18.3 Å². The average Bonchev–Trinajstić information content (AvgIpc) is 3.21. The van der Waals surface area contributed by atoms with Gasteiger partial charge in [0.1, 0.15) is 18.2 Å². The molecule has 3 aromatic rings. The Morgan fingerprint density at radius 3 is 2.74 bits per heavy atom. The number of H-pyrrole nitrogens is 1. The number of benzene rings is 2. The van der Waals surface area contributed by atoms with Crippen LogP contribution in [0.25, 0.3) is 22.7 Å². The maximum Gasteiger partial charge on any atom is 0.344 e. The number of aromatic nitrogens is 2. The van der Waals surface area contributed by atoms with Crippen LogP contribution in [0.4, 0.5) is 0 Å². The van der Waals surface area contributed by atoms with Gasteiger partial charge in [-0.25, -0.2) is 9.78 Å². The van der Waals surface area contributed by atoms with Crippen molar-refractivity contribution < 1.29 is 24.1 Å². The van der Waals surface area contributed by atoms with Crippen LogP contribution in [0.3, 0.4) is 0 Å². The van der Waals surface area contributed by atoms with Crippen molar-refractivity contribution in [3.05, 3.63) is 65.7 Å². The van der Waals surface area contributed by atoms with Gasteiger partial charge in [-0.05, 0) is 36.8 Å². The third-order valence-corrected chi connectivity index (χ3v) is 4.29. The molecule has 158 valence electrons. The number of ether oxygens (including phenoxy) is 3. The summed E-state index contributed by atoms with van der Waals surface area (Å²) in [6.07, 6.45) is 3.80. The molecule has 0 saturated heterocycles. The molecule has 2 aromatic carbocycles. The van der Waals surface area contributed by atoms with Gasteiger partial charge in [0.25, 0.3) is 0 Å². The van der Waals surface area contributed by atoms with Crippen LogP contribution in [0.5, 0.6) is 11.5 Å². The molecule has 0 atom stereocenters. The maximum absolute atomic E-state index is 12.0. The standard InChI is InChI=1S/C23H21N3O5/c1-3-6-15-9-10-20(21(11-15)29-2)30-14-22(28)31-13-19(27)16(12-24)23-25-17-7-4-5-8-18(17)26-23/h3-11,27H,13-14H2,1-2H3,(H,25,26)/b6-3?,19-16-. The predicted molar refractivity (Wildman–Crippen MR) is 115 cm³/mol. The van der Waals surface area contributed by atoms with E-state index in [1.807, 2.05) is 43.3 Å². The summed E-state index contributed by atoms with van der Waals surface area (Å²) in [5.74, 6) is -0.0778. The van der Waals surface area contributed by atoms with Gasteiger partial charge in [-0.2, -0.15) is 5.26 Å². The third-order valence-electron chi connectivity index (χ3n) is 4.29. The maximum atomic E-state index is 12.0. The van der Waals surface area contributed by atoms with E-state index in [-0.39, 0.29) is 18.0 Å². The Morgan fingerprint density at radius 2 is 2.03 bits per heavy atom. The quantitative estimate of drug-likeness (QED) is 0.322. The number of hydrogen-bond acceptors (Lipinski definition) is 7. The molecule has 0 fully saturated rings. The van der Waals surface area contributed by atoms with Crippen molar-refractivity contribution in [3.8, 4) is 17.6 Å². The number of aromatic amines is 1. The predicted octanol–water partition coefficient (Wildman–Crippen LogP) is 4.02. The van der Waals surface area contributed by atoms with Crippen molar-refractivity contribution in [1.82, 2.24) is 9.97 Å². The number of para-hydroxylation sites is 2. The van der Waals surface area contributed by atoms with Crippen LogP contribution in [0, 0.1) is 11.3 Å². The van der Waals surface area contributed by atoms with Gasteiger partial charge in [-0.3, -0.25) is 0 Å². The molecule has 0 radical (unpaired) electrons. The van der Waals surface area contributed by atoms with Crippen molar-refractivity contribution in [1.29, 1.82) is 5.26 Å². The number of nitrogens with zero attached hydrogens (tertiary/aromatic N) is 2. The first-order valence-corrected chi connectivity index (χ1v) is 9.42. The van der Waals surface area contributed by atoms with E-state index in [1.54, 1.807) is 24.3 Å². The Hall–Kier alpha value is -4.25. The molecular weight excluding hydrogens is 398 g/mol. The topological polar surface area (TPSA) is 117 Å². The molecule has 1 aromatic heterocycles. The number of rotatable bonds is 8. The molecular formula is C23H21N3O5. The Balaban J connectivity index is 1.62. The van der Waals surface area contributed by atoms with Crippen LogP contribution in [-0.4, -0.2) is 41.4 Å². The fraction of sp³-hybridized carbons (Fsp3) is 0.174. The number of aliphatic hydroxyl groups excluding tert-OH is 1. The summed E-state index contributed by atoms with van der Waals surface area (Å²) in [5, 5.41) is 19.6. The van der Waals surface area contributed by atoms with Gasteiger partial charge in [0.2, 0.25) is 0 Å². The molecule has 0 unspecified atom stereocenters. The second kappa shape index (κ2) is 9.98. The molecule has 0 saturated carbocycles. The number of esters is 1. The normalized spacial score (nSPS) is 11.8. The molecule has 0 bridgehead atoms. The van der Waals surface area contributed by atoms with Gasteiger partial charge < -0.3 is 24.3 Å². The van der Waals surface area contributed by atoms with Crippen LogP contribution in [0.1, 0.15) is 18.3 Å². The molecule has 8 nitrogen and oxygen atoms in total. The number of methoxy groups -OCH3 is 1. The highest BCUT2D eigenvalue weighted by atomic mass is 16.6. The number of carbonyl (C=O) groups excluding carboxylic acids is 1. The number of nitrogens with one attached hydrogen (secondary N) is 1. The summed E-state index contributed by atoms with van der Waals surface area (Å²) in [6.45, 7) is 1.03. The first-order valence-electron chi connectivity index (χ1n) is 9.42. The van der Waals surface area contributed by atoms with Crippen LogP contribution in [0.2, 0.25) is 0 Å². The summed E-state index contributed by atoms with van der Waals surface area (Å²) in [5.41, 5.74) is 2.20. The van der Waals surface area contributed by atoms with E-state index in [0.29, 0.717) is 17.0 Å². The summed E-state index contributed by atoms with van der Waals surface area (Å²) in [4.78, 5) is 19.3. The van der Waals surface area contributed by atoms with Gasteiger partial charge in [0, 0.05) is 0 Å². The van der Waals surface area contributed by atoms with Gasteiger partial charge in [-0.15, -0.1) is 0 Å². The second-order valence-electron chi connectivity index (χ2n) is 6.40. The molecule has 0 aliphatic carbocycles. The smallest absolute Gasteiger partial charge is 0.344 e. The van der Waals surface area contributed by atoms with E-state index in [0.717, 1.165) is 11.1 Å². The second-order valence-corrected chi connectivity index (χ2v) is 6.40. The molecule has 0 aliphatic rings. The zero-order chi connectivity index (χ0) is 22.2. The van der Waals surface area contributed by atoms with Crippen molar-refractivity contribution in [2.24, 2.45) is 0 Å². The van der Waals surface area contributed by atoms with Gasteiger partial charge in [-0.1, -0.05) is 30.4 Å². The molecule has 1 heterocycles. The molecule has 0 amide bonds.